The lowest BCUT2D eigenvalue weighted by atomic mass is 10.0. The third-order valence-corrected chi connectivity index (χ3v) is 4.12. The number of nitrogens with one attached hydrogen (secondary N) is 1. The molecule has 0 radical (unpaired) electrons. The quantitative estimate of drug-likeness (QED) is 0.670. The summed E-state index contributed by atoms with van der Waals surface area (Å²) in [5.74, 6) is -0.447. The predicted octanol–water partition coefficient (Wildman–Crippen LogP) is 2.84. The van der Waals surface area contributed by atoms with Crippen molar-refractivity contribution in [2.75, 3.05) is 20.3 Å². The number of fused-ring (bicyclic) bond motifs is 1. The van der Waals surface area contributed by atoms with E-state index in [0.717, 1.165) is 22.8 Å². The highest BCUT2D eigenvalue weighted by atomic mass is 16.7. The lowest BCUT2D eigenvalue weighted by Gasteiger charge is -2.33. The molecule has 1 N–H and O–H groups in total. The molecule has 3 rings (SSSR count). The maximum absolute atomic E-state index is 12.1. The predicted molar refractivity (Wildman–Crippen MR) is 95.8 cm³/mol. The van der Waals surface area contributed by atoms with Crippen LogP contribution in [0, 0.1) is 0 Å². The Labute approximate surface area is 146 Å². The van der Waals surface area contributed by atoms with Crippen LogP contribution in [0.1, 0.15) is 25.3 Å². The molecule has 1 saturated heterocycles. The van der Waals surface area contributed by atoms with Crippen LogP contribution in [-0.4, -0.2) is 38.2 Å². The second-order valence-electron chi connectivity index (χ2n) is 6.06. The molecular formula is C19H22N2O4. The minimum absolute atomic E-state index is 0.0943. The van der Waals surface area contributed by atoms with Gasteiger partial charge in [-0.1, -0.05) is 30.3 Å². The minimum Gasteiger partial charge on any atom is -0.496 e. The molecule has 0 aliphatic carbocycles. The molecule has 1 fully saturated rings. The van der Waals surface area contributed by atoms with Crippen LogP contribution < -0.4 is 10.2 Å². The standard InChI is InChI=1S/C19H22N2O4/c1-19(24-10-5-11-25-19)12-18(22)21-20-13-16-15-7-4-3-6-14(15)8-9-17(16)23-2/h3-4,6-9,13H,5,10-12H2,1-2H3,(H,21,22)/b20-13-. The van der Waals surface area contributed by atoms with E-state index in [1.165, 1.54) is 0 Å². The molecule has 0 bridgehead atoms. The molecule has 2 aromatic rings. The van der Waals surface area contributed by atoms with Crippen molar-refractivity contribution in [3.63, 3.8) is 0 Å². The monoisotopic (exact) mass is 342 g/mol. The molecule has 0 aromatic heterocycles. The molecule has 6 heteroatoms. The van der Waals surface area contributed by atoms with E-state index in [9.17, 15) is 4.79 Å². The van der Waals surface area contributed by atoms with E-state index in [0.29, 0.717) is 19.0 Å². The summed E-state index contributed by atoms with van der Waals surface area (Å²) in [4.78, 5) is 12.1. The van der Waals surface area contributed by atoms with Gasteiger partial charge in [-0.2, -0.15) is 5.10 Å². The molecule has 1 amide bonds. The number of nitrogens with zero attached hydrogens (tertiary/aromatic N) is 1. The molecule has 1 aliphatic rings. The van der Waals surface area contributed by atoms with Crippen molar-refractivity contribution in [2.45, 2.75) is 25.6 Å². The first kappa shape index (κ1) is 17.4. The van der Waals surface area contributed by atoms with Gasteiger partial charge in [-0.25, -0.2) is 5.43 Å². The zero-order valence-corrected chi connectivity index (χ0v) is 14.5. The Kier molecular flexibility index (Phi) is 5.31. The molecule has 0 spiro atoms. The smallest absolute Gasteiger partial charge is 0.245 e. The number of hydrogen-bond donors (Lipinski definition) is 1. The fourth-order valence-corrected chi connectivity index (χ4v) is 2.87. The maximum atomic E-state index is 12.1. The van der Waals surface area contributed by atoms with E-state index in [-0.39, 0.29) is 12.3 Å². The van der Waals surface area contributed by atoms with Gasteiger partial charge in [0.1, 0.15) is 5.75 Å². The number of rotatable bonds is 5. The molecular weight excluding hydrogens is 320 g/mol. The van der Waals surface area contributed by atoms with Gasteiger partial charge in [-0.05, 0) is 30.2 Å². The van der Waals surface area contributed by atoms with Crippen molar-refractivity contribution < 1.29 is 19.0 Å². The van der Waals surface area contributed by atoms with Gasteiger partial charge < -0.3 is 14.2 Å². The number of amides is 1. The average Bonchev–Trinajstić information content (AvgIpc) is 2.62. The number of hydrazone groups is 1. The normalized spacial score (nSPS) is 16.9. The third kappa shape index (κ3) is 4.15. The Bertz CT molecular complexity index is 782. The van der Waals surface area contributed by atoms with Gasteiger partial charge in [-0.3, -0.25) is 4.79 Å². The van der Waals surface area contributed by atoms with Crippen LogP contribution in [-0.2, 0) is 14.3 Å². The topological polar surface area (TPSA) is 69.2 Å². The van der Waals surface area contributed by atoms with Crippen LogP contribution in [0.3, 0.4) is 0 Å². The fourth-order valence-electron chi connectivity index (χ4n) is 2.87. The fraction of sp³-hybridized carbons (Fsp3) is 0.368. The Hall–Kier alpha value is -2.44. The van der Waals surface area contributed by atoms with E-state index in [1.807, 2.05) is 36.4 Å². The van der Waals surface area contributed by atoms with Crippen LogP contribution in [0.2, 0.25) is 0 Å². The Balaban J connectivity index is 1.71. The lowest BCUT2D eigenvalue weighted by Crippen LogP contribution is -2.41. The van der Waals surface area contributed by atoms with Crippen molar-refractivity contribution in [1.82, 2.24) is 5.43 Å². The second kappa shape index (κ2) is 7.63. The van der Waals surface area contributed by atoms with Crippen molar-refractivity contribution in [1.29, 1.82) is 0 Å². The molecule has 0 saturated carbocycles. The van der Waals surface area contributed by atoms with E-state index in [2.05, 4.69) is 10.5 Å². The molecule has 1 aliphatic heterocycles. The molecule has 0 unspecified atom stereocenters. The lowest BCUT2D eigenvalue weighted by molar-refractivity contribution is -0.256. The van der Waals surface area contributed by atoms with Crippen LogP contribution >= 0.6 is 0 Å². The molecule has 0 atom stereocenters. The average molecular weight is 342 g/mol. The van der Waals surface area contributed by atoms with E-state index < -0.39 is 5.79 Å². The van der Waals surface area contributed by atoms with Gasteiger partial charge in [0.15, 0.2) is 5.79 Å². The van der Waals surface area contributed by atoms with Gasteiger partial charge in [0, 0.05) is 5.56 Å². The first-order valence-corrected chi connectivity index (χ1v) is 8.27. The van der Waals surface area contributed by atoms with E-state index in [1.54, 1.807) is 20.2 Å². The summed E-state index contributed by atoms with van der Waals surface area (Å²) in [5.41, 5.74) is 3.35. The van der Waals surface area contributed by atoms with Gasteiger partial charge >= 0.3 is 0 Å². The molecule has 132 valence electrons. The highest BCUT2D eigenvalue weighted by molar-refractivity contribution is 6.02. The number of carbonyl (C=O) groups excluding carboxylic acids is 1. The minimum atomic E-state index is -0.880. The summed E-state index contributed by atoms with van der Waals surface area (Å²) < 4.78 is 16.5. The summed E-state index contributed by atoms with van der Waals surface area (Å²) in [5, 5.41) is 6.16. The highest BCUT2D eigenvalue weighted by Crippen LogP contribution is 2.26. The van der Waals surface area contributed by atoms with E-state index >= 15 is 0 Å². The van der Waals surface area contributed by atoms with Crippen LogP contribution in [0.5, 0.6) is 5.75 Å². The summed E-state index contributed by atoms with van der Waals surface area (Å²) >= 11 is 0. The van der Waals surface area contributed by atoms with Crippen molar-refractivity contribution >= 4 is 22.9 Å². The van der Waals surface area contributed by atoms with Gasteiger partial charge in [0.2, 0.25) is 5.91 Å². The van der Waals surface area contributed by atoms with Crippen LogP contribution in [0.4, 0.5) is 0 Å². The van der Waals surface area contributed by atoms with Crippen molar-refractivity contribution in [3.05, 3.63) is 42.0 Å². The largest absolute Gasteiger partial charge is 0.496 e. The summed E-state index contributed by atoms with van der Waals surface area (Å²) in [7, 11) is 1.61. The Morgan fingerprint density at radius 1 is 1.28 bits per heavy atom. The first-order chi connectivity index (χ1) is 12.1. The first-order valence-electron chi connectivity index (χ1n) is 8.27. The number of benzene rings is 2. The molecule has 1 heterocycles. The van der Waals surface area contributed by atoms with Crippen molar-refractivity contribution in [2.24, 2.45) is 5.10 Å². The van der Waals surface area contributed by atoms with Gasteiger partial charge in [0.05, 0.1) is 33.0 Å². The van der Waals surface area contributed by atoms with Crippen LogP contribution in [0.25, 0.3) is 10.8 Å². The number of ether oxygens (including phenoxy) is 3. The molecule has 2 aromatic carbocycles. The Morgan fingerprint density at radius 2 is 2.04 bits per heavy atom. The maximum Gasteiger partial charge on any atom is 0.245 e. The summed E-state index contributed by atoms with van der Waals surface area (Å²) in [6.07, 6.45) is 2.54. The SMILES string of the molecule is COc1ccc2ccccc2c1/C=N\NC(=O)CC1(C)OCCCO1. The zero-order valence-electron chi connectivity index (χ0n) is 14.5. The van der Waals surface area contributed by atoms with Gasteiger partial charge in [-0.15, -0.1) is 0 Å². The van der Waals surface area contributed by atoms with Gasteiger partial charge in [0.25, 0.3) is 0 Å². The number of hydrogen-bond acceptors (Lipinski definition) is 5. The number of carbonyl (C=O) groups is 1. The third-order valence-electron chi connectivity index (χ3n) is 4.12. The highest BCUT2D eigenvalue weighted by Gasteiger charge is 2.31. The van der Waals surface area contributed by atoms with Crippen molar-refractivity contribution in [3.8, 4) is 5.75 Å². The molecule has 6 nitrogen and oxygen atoms in total. The Morgan fingerprint density at radius 3 is 2.80 bits per heavy atom. The van der Waals surface area contributed by atoms with Crippen LogP contribution in [0.15, 0.2) is 41.5 Å². The molecule has 25 heavy (non-hydrogen) atoms. The summed E-state index contributed by atoms with van der Waals surface area (Å²) in [6, 6.07) is 11.8. The zero-order chi connectivity index (χ0) is 17.7. The number of methoxy groups -OCH3 is 1. The van der Waals surface area contributed by atoms with E-state index in [4.69, 9.17) is 14.2 Å². The second-order valence-corrected chi connectivity index (χ2v) is 6.06. The summed E-state index contributed by atoms with van der Waals surface area (Å²) in [6.45, 7) is 2.96.